The molecule has 0 aliphatic heterocycles. The van der Waals surface area contributed by atoms with Crippen LogP contribution in [0, 0.1) is 5.41 Å². The van der Waals surface area contributed by atoms with Crippen molar-refractivity contribution >= 4 is 215 Å². The smallest absolute Gasteiger partial charge is 0.0446 e. The lowest BCUT2D eigenvalue weighted by Crippen LogP contribution is -2.59. The van der Waals surface area contributed by atoms with Crippen LogP contribution in [0.25, 0.3) is 215 Å². The van der Waals surface area contributed by atoms with E-state index in [1.165, 1.54) is 0 Å². The first kappa shape index (κ1) is 25.0. The lowest BCUT2D eigenvalue weighted by atomic mass is 9.38. The number of benzene rings is 15. The highest BCUT2D eigenvalue weighted by Gasteiger charge is 2.82. The Morgan fingerprint density at radius 2 is 0.303 bits per heavy atom. The topological polar surface area (TPSA) is 0 Å². The van der Waals surface area contributed by atoms with Gasteiger partial charge in [-0.1, -0.05) is 13.8 Å². The summed E-state index contributed by atoms with van der Waals surface area (Å²) in [7, 11) is 0. The van der Waals surface area contributed by atoms with Gasteiger partial charge in [-0.25, -0.2) is 0 Å². The fraction of sp³-hybridized carbons (Fsp3) is 0.182. The molecule has 0 fully saturated rings. The molecule has 0 heterocycles. The fourth-order valence-electron chi connectivity index (χ4n) is 27.2. The summed E-state index contributed by atoms with van der Waals surface area (Å²) in [5.41, 5.74) is 24.2. The molecule has 66 heavy (non-hydrogen) atoms. The molecule has 0 aromatic heterocycles. The van der Waals surface area contributed by atoms with E-state index < -0.39 is 0 Å². The van der Waals surface area contributed by atoms with Crippen LogP contribution in [0.1, 0.15) is 97.2 Å². The maximum Gasteiger partial charge on any atom is 0.0446 e. The second kappa shape index (κ2) is 5.16. The molecule has 11 aliphatic carbocycles. The fourth-order valence-corrected chi connectivity index (χ4v) is 27.2. The zero-order valence-corrected chi connectivity index (χ0v) is 36.0. The molecule has 21 aromatic carbocycles. The van der Waals surface area contributed by atoms with Crippen LogP contribution in [0.3, 0.4) is 0 Å². The molecule has 0 bridgehead atoms. The summed E-state index contributed by atoms with van der Waals surface area (Å²) in [6, 6.07) is 0. The second-order valence-corrected chi connectivity index (χ2v) is 27.0. The lowest BCUT2D eigenvalue weighted by molar-refractivity contribution is 0.217. The molecule has 21 aromatic rings. The van der Waals surface area contributed by atoms with Gasteiger partial charge >= 0.3 is 0 Å². The van der Waals surface area contributed by atoms with Crippen molar-refractivity contribution < 1.29 is 0 Å². The Balaban J connectivity index is 1.25. The molecular formula is C66H18. The van der Waals surface area contributed by atoms with Crippen molar-refractivity contribution in [2.75, 3.05) is 0 Å². The van der Waals surface area contributed by atoms with Crippen molar-refractivity contribution in [2.24, 2.45) is 5.41 Å². The first-order valence-electron chi connectivity index (χ1n) is 25.5. The van der Waals surface area contributed by atoms with Crippen molar-refractivity contribution in [3.63, 3.8) is 0 Å². The minimum Gasteiger partial charge on any atom is -0.0508 e. The highest BCUT2D eigenvalue weighted by Crippen LogP contribution is 2.92. The van der Waals surface area contributed by atoms with E-state index in [2.05, 4.69) is 41.5 Å². The Labute approximate surface area is 365 Å². The zero-order valence-electron chi connectivity index (χ0n) is 36.0. The average Bonchev–Trinajstić information content (AvgIpc) is 4.19. The van der Waals surface area contributed by atoms with Gasteiger partial charge in [-0.15, -0.1) is 0 Å². The summed E-state index contributed by atoms with van der Waals surface area (Å²) in [5, 5.41) is 68.0. The van der Waals surface area contributed by atoms with Crippen molar-refractivity contribution in [1.29, 1.82) is 0 Å². The molecule has 6 atom stereocenters. The highest BCUT2D eigenvalue weighted by molar-refractivity contribution is 6.77. The number of hydrogen-bond donors (Lipinski definition) is 0. The predicted molar refractivity (Wildman–Crippen MR) is 272 cm³/mol. The molecule has 282 valence electrons. The summed E-state index contributed by atoms with van der Waals surface area (Å²) in [4.78, 5) is 0. The molecule has 0 amide bonds. The molecule has 11 aliphatic rings. The van der Waals surface area contributed by atoms with Crippen molar-refractivity contribution in [2.45, 2.75) is 68.6 Å². The van der Waals surface area contributed by atoms with Crippen molar-refractivity contribution in [1.82, 2.24) is 0 Å². The van der Waals surface area contributed by atoms with E-state index >= 15 is 0 Å². The van der Waals surface area contributed by atoms with Gasteiger partial charge in [-0.2, -0.15) is 0 Å². The molecular weight excluding hydrogens is 793 g/mol. The summed E-state index contributed by atoms with van der Waals surface area (Å²) >= 11 is 0. The number of allylic oxidation sites excluding steroid dienone is 4. The van der Waals surface area contributed by atoms with Crippen molar-refractivity contribution in [3.05, 3.63) is 77.9 Å². The predicted octanol–water partition coefficient (Wildman–Crippen LogP) is 16.4. The molecule has 32 rings (SSSR count). The summed E-state index contributed by atoms with van der Waals surface area (Å²) < 4.78 is 0. The van der Waals surface area contributed by atoms with Gasteiger partial charge in [0.25, 0.3) is 0 Å². The third-order valence-corrected chi connectivity index (χ3v) is 27.2. The van der Waals surface area contributed by atoms with Gasteiger partial charge in [0.2, 0.25) is 0 Å². The zero-order chi connectivity index (χ0) is 40.2. The molecule has 0 heteroatoms. The van der Waals surface area contributed by atoms with Gasteiger partial charge in [0.15, 0.2) is 0 Å². The molecule has 0 radical (unpaired) electrons. The monoisotopic (exact) mass is 810 g/mol. The first-order valence-corrected chi connectivity index (χ1v) is 25.5. The standard InChI is InChI=1S/C66H18/c1-61-47-37-27-17-12-7-8-10-11-9(7)14-20-18(12)28(27)38-40-30(20)32-22(14)24-16(11)26-25-15(10)23-21-13(8)19(17)29-31(21)41-43-33(23)35(25)45-46-36(26)34(24)44-42(32)52-50(40)62(2,48(38)47)58-57(61)59-63(3,51(41)49(61)39(29)37)53(43)55(45)65(5)56(46)54(44)64(52,4)60(58)66(59,65)6/h1-6H3/t61-,62+,63-,64+,65?,66?. The molecule has 0 N–H and O–H groups in total. The van der Waals surface area contributed by atoms with Gasteiger partial charge < -0.3 is 0 Å². The van der Waals surface area contributed by atoms with Crippen LogP contribution in [0.15, 0.2) is 22.3 Å². The van der Waals surface area contributed by atoms with Crippen molar-refractivity contribution in [3.8, 4) is 0 Å². The van der Waals surface area contributed by atoms with Gasteiger partial charge in [0.05, 0.1) is 0 Å². The summed E-state index contributed by atoms with van der Waals surface area (Å²) in [5.74, 6) is 0. The number of hydrogen-bond acceptors (Lipinski definition) is 0. The van der Waals surface area contributed by atoms with Crippen LogP contribution in [-0.2, 0) is 27.1 Å². The summed E-state index contributed by atoms with van der Waals surface area (Å²) in [6.07, 6.45) is 0. The Kier molecular flexibility index (Phi) is 1.96. The highest BCUT2D eigenvalue weighted by atomic mass is 14.8. The number of rotatable bonds is 0. The second-order valence-electron chi connectivity index (χ2n) is 27.0. The maximum absolute atomic E-state index is 2.92. The third kappa shape index (κ3) is 1.17. The normalized spacial score (nSPS) is 33.5. The maximum atomic E-state index is 2.92. The Hall–Kier alpha value is -7.02. The SMILES string of the molecule is CC12C3=C4C5=C1[C@]1(C)c6c7c8c9c(c%10c%11c%12c(c%13c%14c%15c(c%16c%17c%18c(c1c1c6c6c8c8c%19c9c%11c9c%11c%12c%14c%12c%14c%15c%17c%15c%17c%18c1c1c6c8c6c(c%199)c(c%11%12)c(c%14%15)c6c1%17)[C@@]5%16C)[C@@]4%13C)[C@@]3%10C)C72C. The minimum atomic E-state index is -0.195. The third-order valence-electron chi connectivity index (χ3n) is 27.2. The van der Waals surface area contributed by atoms with Crippen LogP contribution >= 0.6 is 0 Å². The van der Waals surface area contributed by atoms with Crippen LogP contribution in [0.2, 0.25) is 0 Å². The van der Waals surface area contributed by atoms with Gasteiger partial charge in [-0.05, 0) is 321 Å². The largest absolute Gasteiger partial charge is 0.0508 e. The van der Waals surface area contributed by atoms with Gasteiger partial charge in [-0.3, -0.25) is 0 Å². The van der Waals surface area contributed by atoms with E-state index in [9.17, 15) is 0 Å². The van der Waals surface area contributed by atoms with E-state index in [0.717, 1.165) is 0 Å². The van der Waals surface area contributed by atoms with Crippen LogP contribution in [0.4, 0.5) is 0 Å². The quantitative estimate of drug-likeness (QED) is 0.134. The molecule has 0 saturated heterocycles. The lowest BCUT2D eigenvalue weighted by Gasteiger charge is -2.63. The van der Waals surface area contributed by atoms with E-state index in [1.54, 1.807) is 271 Å². The Bertz CT molecular complexity index is 6320. The molecule has 0 saturated carbocycles. The van der Waals surface area contributed by atoms with E-state index in [0.29, 0.717) is 0 Å². The van der Waals surface area contributed by atoms with E-state index in [-0.39, 0.29) is 32.5 Å². The summed E-state index contributed by atoms with van der Waals surface area (Å²) in [6.45, 7) is 17.3. The van der Waals surface area contributed by atoms with Gasteiger partial charge in [0.1, 0.15) is 0 Å². The average molecular weight is 811 g/mol. The van der Waals surface area contributed by atoms with E-state index in [4.69, 9.17) is 0 Å². The van der Waals surface area contributed by atoms with Crippen LogP contribution in [0.5, 0.6) is 0 Å². The first-order chi connectivity index (χ1) is 32.2. The molecule has 2 unspecified atom stereocenters. The van der Waals surface area contributed by atoms with E-state index in [1.807, 2.05) is 22.3 Å². The minimum absolute atomic E-state index is 0.163. The van der Waals surface area contributed by atoms with Gasteiger partial charge in [0, 0.05) is 32.5 Å². The molecule has 0 spiro atoms. The molecule has 0 nitrogen and oxygen atoms in total. The van der Waals surface area contributed by atoms with Crippen LogP contribution < -0.4 is 0 Å². The Morgan fingerprint density at radius 3 is 0.515 bits per heavy atom. The van der Waals surface area contributed by atoms with Crippen LogP contribution in [-0.4, -0.2) is 0 Å². The Morgan fingerprint density at radius 1 is 0.152 bits per heavy atom.